The van der Waals surface area contributed by atoms with Gasteiger partial charge in [-0.3, -0.25) is 4.79 Å². The normalized spacial score (nSPS) is 13.9. The van der Waals surface area contributed by atoms with E-state index in [4.69, 9.17) is 23.1 Å². The fourth-order valence-electron chi connectivity index (χ4n) is 2.88. The van der Waals surface area contributed by atoms with Gasteiger partial charge in [0.2, 0.25) is 0 Å². The minimum absolute atomic E-state index is 0.0565. The topological polar surface area (TPSA) is 63.2 Å². The van der Waals surface area contributed by atoms with E-state index in [9.17, 15) is 4.79 Å². The van der Waals surface area contributed by atoms with Crippen molar-refractivity contribution in [1.29, 1.82) is 0 Å². The summed E-state index contributed by atoms with van der Waals surface area (Å²) in [5, 5.41) is 0.132. The molecule has 1 aromatic rings. The van der Waals surface area contributed by atoms with E-state index in [0.29, 0.717) is 25.9 Å². The van der Waals surface area contributed by atoms with Crippen LogP contribution in [0, 0.1) is 0 Å². The zero-order valence-electron chi connectivity index (χ0n) is 24.3. The number of methoxy groups -OCH3 is 1. The summed E-state index contributed by atoms with van der Waals surface area (Å²) in [6.45, 7) is 24.8. The van der Waals surface area contributed by atoms with Gasteiger partial charge in [-0.1, -0.05) is 47.6 Å². The Kier molecular flexibility index (Phi) is 11.5. The quantitative estimate of drug-likeness (QED) is 0.152. The van der Waals surface area contributed by atoms with E-state index < -0.39 is 16.6 Å². The Balaban J connectivity index is 3.29. The molecule has 0 aliphatic carbocycles. The predicted octanol–water partition coefficient (Wildman–Crippen LogP) is 7.33. The largest absolute Gasteiger partial charge is 0.541 e. The first kappa shape index (κ1) is 31.7. The van der Waals surface area contributed by atoms with Crippen LogP contribution in [0.15, 0.2) is 18.2 Å². The first-order chi connectivity index (χ1) is 15.9. The van der Waals surface area contributed by atoms with Gasteiger partial charge in [-0.25, -0.2) is 0 Å². The van der Waals surface area contributed by atoms with E-state index in [1.54, 1.807) is 7.11 Å². The summed E-state index contributed by atoms with van der Waals surface area (Å²) in [4.78, 5) is 11.9. The highest BCUT2D eigenvalue weighted by Crippen LogP contribution is 2.43. The molecule has 1 rings (SSSR count). The summed E-state index contributed by atoms with van der Waals surface area (Å²) in [6.07, 6.45) is 1.33. The first-order valence-corrected chi connectivity index (χ1v) is 18.5. The number of hydrogen-bond donors (Lipinski definition) is 0. The minimum Gasteiger partial charge on any atom is -0.541 e. The van der Waals surface area contributed by atoms with Gasteiger partial charge in [-0.05, 0) is 73.7 Å². The van der Waals surface area contributed by atoms with Crippen molar-refractivity contribution in [1.82, 2.24) is 0 Å². The fourth-order valence-corrected chi connectivity index (χ4v) is 4.92. The Labute approximate surface area is 216 Å². The van der Waals surface area contributed by atoms with Gasteiger partial charge in [0.25, 0.3) is 16.6 Å². The van der Waals surface area contributed by atoms with E-state index >= 15 is 0 Å². The predicted molar refractivity (Wildman–Crippen MR) is 148 cm³/mol. The lowest BCUT2D eigenvalue weighted by Crippen LogP contribution is -2.45. The van der Waals surface area contributed by atoms with Gasteiger partial charge >= 0.3 is 5.97 Å². The van der Waals surface area contributed by atoms with Crippen LogP contribution in [0.3, 0.4) is 0 Å². The van der Waals surface area contributed by atoms with E-state index in [1.165, 1.54) is 0 Å². The number of rotatable bonds is 13. The molecule has 0 unspecified atom stereocenters. The highest BCUT2D eigenvalue weighted by Gasteiger charge is 2.42. The van der Waals surface area contributed by atoms with Crippen molar-refractivity contribution in [2.24, 2.45) is 0 Å². The van der Waals surface area contributed by atoms with Crippen LogP contribution in [0.25, 0.3) is 0 Å². The van der Waals surface area contributed by atoms with Gasteiger partial charge in [0, 0.05) is 13.5 Å². The molecule has 0 amide bonds. The number of carbonyl (C=O) groups is 1. The zero-order valence-corrected chi connectivity index (χ0v) is 26.3. The van der Waals surface area contributed by atoms with Crippen molar-refractivity contribution < 1.29 is 27.9 Å². The van der Waals surface area contributed by atoms with E-state index in [2.05, 4.69) is 79.9 Å². The third kappa shape index (κ3) is 9.90. The number of hydrogen-bond acceptors (Lipinski definition) is 6. The first-order valence-electron chi connectivity index (χ1n) is 12.7. The maximum atomic E-state index is 11.9. The Morgan fingerprint density at radius 3 is 1.94 bits per heavy atom. The fraction of sp³-hybridized carbons (Fsp3) is 0.741. The summed E-state index contributed by atoms with van der Waals surface area (Å²) >= 11 is 0. The molecule has 8 heteroatoms. The summed E-state index contributed by atoms with van der Waals surface area (Å²) in [6, 6.07) is 6.21. The van der Waals surface area contributed by atoms with E-state index in [1.807, 2.05) is 13.0 Å². The van der Waals surface area contributed by atoms with Crippen LogP contribution >= 0.6 is 0 Å². The lowest BCUT2D eigenvalue weighted by atomic mass is 10.0. The second-order valence-corrected chi connectivity index (χ2v) is 21.7. The smallest absolute Gasteiger partial charge is 0.305 e. The molecule has 202 valence electrons. The second-order valence-electron chi connectivity index (χ2n) is 12.2. The average molecular weight is 527 g/mol. The molecule has 0 aromatic heterocycles. The van der Waals surface area contributed by atoms with Crippen molar-refractivity contribution in [3.05, 3.63) is 23.8 Å². The van der Waals surface area contributed by atoms with Crippen LogP contribution in [0.1, 0.15) is 66.9 Å². The van der Waals surface area contributed by atoms with Crippen LogP contribution < -0.4 is 8.85 Å². The molecule has 6 nitrogen and oxygen atoms in total. The highest BCUT2D eigenvalue weighted by atomic mass is 28.4. The van der Waals surface area contributed by atoms with Crippen LogP contribution in [0.2, 0.25) is 36.3 Å². The van der Waals surface area contributed by atoms with Gasteiger partial charge in [-0.15, -0.1) is 0 Å². The third-order valence-corrected chi connectivity index (χ3v) is 15.9. The summed E-state index contributed by atoms with van der Waals surface area (Å²) in [7, 11) is -2.56. The minimum atomic E-state index is -2.10. The Hall–Kier alpha value is -1.36. The Bertz CT molecular complexity index is 809. The van der Waals surface area contributed by atoms with Crippen molar-refractivity contribution in [2.75, 3.05) is 20.5 Å². The van der Waals surface area contributed by atoms with Crippen molar-refractivity contribution >= 4 is 22.6 Å². The number of esters is 1. The maximum Gasteiger partial charge on any atom is 0.305 e. The molecule has 0 bridgehead atoms. The maximum absolute atomic E-state index is 11.9. The Morgan fingerprint density at radius 2 is 1.46 bits per heavy atom. The molecule has 0 radical (unpaired) electrons. The standard InChI is InChI=1S/C27H50O6Si2/c1-13-30-25(28)17-15-22(31-20-29-8)18-21-14-16-23(32-34(9,10)26(2,3)4)24(19-21)33-35(11,12)27(5,6)7/h14,16,19,22H,13,15,17-18,20H2,1-12H3/t22-/m0/s1. The van der Waals surface area contributed by atoms with Crippen LogP contribution in [0.5, 0.6) is 11.5 Å². The zero-order chi connectivity index (χ0) is 27.1. The molecule has 0 fully saturated rings. The number of carbonyl (C=O) groups excluding carboxylic acids is 1. The van der Waals surface area contributed by atoms with Crippen molar-refractivity contribution in [3.8, 4) is 11.5 Å². The van der Waals surface area contributed by atoms with Gasteiger partial charge in [0.1, 0.15) is 18.3 Å². The molecule has 0 spiro atoms. The monoisotopic (exact) mass is 526 g/mol. The molecule has 0 aliphatic rings. The van der Waals surface area contributed by atoms with Gasteiger partial charge in [0.05, 0.1) is 12.7 Å². The second kappa shape index (κ2) is 12.7. The molecule has 1 aromatic carbocycles. The summed E-state index contributed by atoms with van der Waals surface area (Å²) in [5.41, 5.74) is 1.08. The molecule has 0 heterocycles. The van der Waals surface area contributed by atoms with Gasteiger partial charge in [0.15, 0.2) is 0 Å². The summed E-state index contributed by atoms with van der Waals surface area (Å²) in [5.74, 6) is 1.40. The number of ether oxygens (including phenoxy) is 3. The molecule has 0 saturated heterocycles. The molecule has 35 heavy (non-hydrogen) atoms. The van der Waals surface area contributed by atoms with Crippen molar-refractivity contribution in [2.45, 2.75) is 110 Å². The SMILES string of the molecule is CCOC(=O)CC[C@@H](Cc1ccc(O[Si](C)(C)C(C)(C)C)c(O[Si](C)(C)C(C)(C)C)c1)OCOC. The lowest BCUT2D eigenvalue weighted by Gasteiger charge is -2.39. The lowest BCUT2D eigenvalue weighted by molar-refractivity contribution is -0.144. The Morgan fingerprint density at radius 1 is 0.914 bits per heavy atom. The van der Waals surface area contributed by atoms with E-state index in [0.717, 1.165) is 17.1 Å². The third-order valence-electron chi connectivity index (χ3n) is 7.21. The number of benzene rings is 1. The molecule has 0 N–H and O–H groups in total. The van der Waals surface area contributed by atoms with Gasteiger partial charge < -0.3 is 23.1 Å². The highest BCUT2D eigenvalue weighted by molar-refractivity contribution is 6.75. The molecule has 0 saturated carbocycles. The molecular weight excluding hydrogens is 476 g/mol. The van der Waals surface area contributed by atoms with Crippen molar-refractivity contribution in [3.63, 3.8) is 0 Å². The van der Waals surface area contributed by atoms with Gasteiger partial charge in [-0.2, -0.15) is 0 Å². The molecular formula is C27H50O6Si2. The van der Waals surface area contributed by atoms with Crippen LogP contribution in [-0.4, -0.2) is 49.2 Å². The van der Waals surface area contributed by atoms with Crippen LogP contribution in [-0.2, 0) is 25.4 Å². The van der Waals surface area contributed by atoms with E-state index in [-0.39, 0.29) is 28.9 Å². The van der Waals surface area contributed by atoms with Crippen LogP contribution in [0.4, 0.5) is 0 Å². The average Bonchev–Trinajstić information content (AvgIpc) is 2.70. The molecule has 0 aliphatic heterocycles. The summed E-state index contributed by atoms with van der Waals surface area (Å²) < 4.78 is 29.6. The molecule has 1 atom stereocenters.